The Labute approximate surface area is 113 Å². The van der Waals surface area contributed by atoms with Crippen molar-refractivity contribution in [3.63, 3.8) is 0 Å². The Morgan fingerprint density at radius 2 is 2.18 bits per heavy atom. The molecule has 0 bridgehead atoms. The molecule has 2 aromatic rings. The molecule has 0 aliphatic carbocycles. The summed E-state index contributed by atoms with van der Waals surface area (Å²) >= 11 is 13.5. The molecule has 3 nitrogen and oxygen atoms in total. The number of aromatic nitrogens is 2. The fraction of sp³-hybridized carbons (Fsp3) is 0.273. The van der Waals surface area contributed by atoms with Crippen molar-refractivity contribution >= 4 is 35.0 Å². The van der Waals surface area contributed by atoms with E-state index in [1.807, 2.05) is 13.0 Å². The zero-order chi connectivity index (χ0) is 12.3. The van der Waals surface area contributed by atoms with E-state index in [1.165, 1.54) is 11.8 Å². The Morgan fingerprint density at radius 3 is 2.88 bits per heavy atom. The maximum Gasteiger partial charge on any atom is 0.237 e. The fourth-order valence-electron chi connectivity index (χ4n) is 1.22. The van der Waals surface area contributed by atoms with E-state index in [-0.39, 0.29) is 0 Å². The van der Waals surface area contributed by atoms with Crippen molar-refractivity contribution in [2.45, 2.75) is 24.0 Å². The average Bonchev–Trinajstić information content (AvgIpc) is 2.78. The van der Waals surface area contributed by atoms with Gasteiger partial charge in [0.25, 0.3) is 0 Å². The highest BCUT2D eigenvalue weighted by Gasteiger charge is 2.07. The van der Waals surface area contributed by atoms with E-state index < -0.39 is 0 Å². The third-order valence-electron chi connectivity index (χ3n) is 2.07. The molecule has 0 amide bonds. The van der Waals surface area contributed by atoms with Crippen LogP contribution in [0.5, 0.6) is 0 Å². The third-order valence-corrected chi connectivity index (χ3v) is 3.79. The maximum atomic E-state index is 6.05. The zero-order valence-electron chi connectivity index (χ0n) is 9.11. The minimum atomic E-state index is 0.590. The van der Waals surface area contributed by atoms with Crippen LogP contribution in [0, 0.1) is 0 Å². The predicted octanol–water partition coefficient (Wildman–Crippen LogP) is 4.23. The summed E-state index contributed by atoms with van der Waals surface area (Å²) in [6, 6.07) is 5.36. The average molecular weight is 289 g/mol. The van der Waals surface area contributed by atoms with Crippen molar-refractivity contribution in [3.8, 4) is 0 Å². The molecule has 0 N–H and O–H groups in total. The van der Waals surface area contributed by atoms with Gasteiger partial charge in [0.05, 0.1) is 10.8 Å². The number of thioether (sulfide) groups is 1. The van der Waals surface area contributed by atoms with Crippen molar-refractivity contribution in [2.75, 3.05) is 0 Å². The summed E-state index contributed by atoms with van der Waals surface area (Å²) in [5, 5.41) is 5.17. The summed E-state index contributed by atoms with van der Waals surface area (Å²) in [4.78, 5) is 5.13. The first kappa shape index (κ1) is 12.7. The summed E-state index contributed by atoms with van der Waals surface area (Å²) in [6.07, 6.45) is 0.770. The summed E-state index contributed by atoms with van der Waals surface area (Å²) < 4.78 is 5.09. The Bertz CT molecular complexity index is 516. The van der Waals surface area contributed by atoms with Gasteiger partial charge >= 0.3 is 0 Å². The quantitative estimate of drug-likeness (QED) is 0.789. The highest BCUT2D eigenvalue weighted by molar-refractivity contribution is 7.98. The molecule has 0 saturated heterocycles. The molecule has 0 aliphatic rings. The molecule has 0 saturated carbocycles. The van der Waals surface area contributed by atoms with Gasteiger partial charge in [-0.05, 0) is 18.2 Å². The highest BCUT2D eigenvalue weighted by atomic mass is 35.5. The van der Waals surface area contributed by atoms with E-state index in [0.29, 0.717) is 21.7 Å². The summed E-state index contributed by atoms with van der Waals surface area (Å²) in [7, 11) is 0. The summed E-state index contributed by atoms with van der Waals surface area (Å²) in [5.74, 6) is 1.91. The third kappa shape index (κ3) is 3.37. The molecule has 90 valence electrons. The van der Waals surface area contributed by atoms with Gasteiger partial charge in [0.1, 0.15) is 0 Å². The van der Waals surface area contributed by atoms with Crippen molar-refractivity contribution in [1.29, 1.82) is 0 Å². The lowest BCUT2D eigenvalue weighted by atomic mass is 10.4. The minimum Gasteiger partial charge on any atom is -0.338 e. The van der Waals surface area contributed by atoms with Crippen LogP contribution in [-0.2, 0) is 12.2 Å². The number of aryl methyl sites for hydroxylation is 1. The molecular weight excluding hydrogens is 279 g/mol. The normalized spacial score (nSPS) is 10.8. The van der Waals surface area contributed by atoms with Crippen LogP contribution >= 0.6 is 35.0 Å². The molecule has 0 aliphatic heterocycles. The molecule has 0 radical (unpaired) electrons. The number of rotatable bonds is 4. The highest BCUT2D eigenvalue weighted by Crippen LogP contribution is 2.31. The second kappa shape index (κ2) is 5.76. The van der Waals surface area contributed by atoms with Gasteiger partial charge in [-0.2, -0.15) is 4.98 Å². The van der Waals surface area contributed by atoms with Gasteiger partial charge < -0.3 is 4.52 Å². The van der Waals surface area contributed by atoms with Crippen LogP contribution in [0.1, 0.15) is 18.6 Å². The summed E-state index contributed by atoms with van der Waals surface area (Å²) in [6.45, 7) is 1.98. The molecule has 0 fully saturated rings. The van der Waals surface area contributed by atoms with Gasteiger partial charge in [0, 0.05) is 16.3 Å². The first-order chi connectivity index (χ1) is 8.19. The van der Waals surface area contributed by atoms with Gasteiger partial charge in [-0.1, -0.05) is 35.3 Å². The number of nitrogens with zero attached hydrogens (tertiary/aromatic N) is 2. The second-order valence-corrected chi connectivity index (χ2v) is 5.18. The molecule has 17 heavy (non-hydrogen) atoms. The van der Waals surface area contributed by atoms with E-state index >= 15 is 0 Å². The van der Waals surface area contributed by atoms with Crippen LogP contribution < -0.4 is 0 Å². The fourth-order valence-corrected chi connectivity index (χ4v) is 2.55. The summed E-state index contributed by atoms with van der Waals surface area (Å²) in [5.41, 5.74) is 0. The van der Waals surface area contributed by atoms with Crippen LogP contribution in [0.15, 0.2) is 27.6 Å². The van der Waals surface area contributed by atoms with Crippen molar-refractivity contribution < 1.29 is 4.52 Å². The molecule has 0 spiro atoms. The molecule has 0 unspecified atom stereocenters. The van der Waals surface area contributed by atoms with E-state index in [0.717, 1.165) is 17.1 Å². The Morgan fingerprint density at radius 1 is 1.35 bits per heavy atom. The van der Waals surface area contributed by atoms with E-state index in [4.69, 9.17) is 27.7 Å². The molecule has 2 rings (SSSR count). The van der Waals surface area contributed by atoms with E-state index in [1.54, 1.807) is 12.1 Å². The number of hydrogen-bond acceptors (Lipinski definition) is 4. The lowest BCUT2D eigenvalue weighted by Crippen LogP contribution is -1.84. The predicted molar refractivity (Wildman–Crippen MR) is 69.7 cm³/mol. The van der Waals surface area contributed by atoms with Crippen LogP contribution in [0.2, 0.25) is 10.0 Å². The van der Waals surface area contributed by atoms with Crippen molar-refractivity contribution in [3.05, 3.63) is 40.0 Å². The molecule has 6 heteroatoms. The van der Waals surface area contributed by atoms with Gasteiger partial charge in [-0.15, -0.1) is 11.8 Å². The van der Waals surface area contributed by atoms with E-state index in [2.05, 4.69) is 10.1 Å². The lowest BCUT2D eigenvalue weighted by molar-refractivity contribution is 0.385. The van der Waals surface area contributed by atoms with Crippen LogP contribution in [0.4, 0.5) is 0 Å². The largest absolute Gasteiger partial charge is 0.338 e. The molecule has 1 aromatic carbocycles. The molecule has 0 atom stereocenters. The second-order valence-electron chi connectivity index (χ2n) is 3.32. The topological polar surface area (TPSA) is 38.9 Å². The lowest BCUT2D eigenvalue weighted by Gasteiger charge is -2.02. The van der Waals surface area contributed by atoms with Crippen LogP contribution in [0.25, 0.3) is 0 Å². The van der Waals surface area contributed by atoms with Crippen molar-refractivity contribution in [1.82, 2.24) is 10.1 Å². The number of halogens is 2. The standard InChI is InChI=1S/C11H10Cl2N2OS/c1-2-10-14-11(16-15-10)6-17-9-5-7(12)3-4-8(9)13/h3-5H,2,6H2,1H3. The Kier molecular flexibility index (Phi) is 4.31. The molecule has 1 aromatic heterocycles. The molecule has 1 heterocycles. The van der Waals surface area contributed by atoms with Gasteiger partial charge in [-0.25, -0.2) is 0 Å². The first-order valence-electron chi connectivity index (χ1n) is 5.08. The van der Waals surface area contributed by atoms with Crippen molar-refractivity contribution in [2.24, 2.45) is 0 Å². The van der Waals surface area contributed by atoms with Gasteiger partial charge in [0.15, 0.2) is 5.82 Å². The SMILES string of the molecule is CCc1noc(CSc2cc(Cl)ccc2Cl)n1. The monoisotopic (exact) mass is 288 g/mol. The van der Waals surface area contributed by atoms with Crippen LogP contribution in [-0.4, -0.2) is 10.1 Å². The Hall–Kier alpha value is -0.710. The van der Waals surface area contributed by atoms with Gasteiger partial charge in [0.2, 0.25) is 5.89 Å². The maximum absolute atomic E-state index is 6.05. The first-order valence-corrected chi connectivity index (χ1v) is 6.82. The number of hydrogen-bond donors (Lipinski definition) is 0. The van der Waals surface area contributed by atoms with Crippen LogP contribution in [0.3, 0.4) is 0 Å². The smallest absolute Gasteiger partial charge is 0.237 e. The Balaban J connectivity index is 2.04. The van der Waals surface area contributed by atoms with E-state index in [9.17, 15) is 0 Å². The zero-order valence-corrected chi connectivity index (χ0v) is 11.4. The molecular formula is C11H10Cl2N2OS. The van der Waals surface area contributed by atoms with Gasteiger partial charge in [-0.3, -0.25) is 0 Å². The number of benzene rings is 1. The minimum absolute atomic E-state index is 0.590.